The standard InChI is InChI=1S/C20H19F3N4O2S/c21-20(22,23)15-12-17(26-11-10-25-16-6-8-24-9-7-16)14-18(13-15)27-30(28,29)19-4-2-1-3-5-19/h1-9,12-14,26-27H,10-11H2,(H,24,25). The van der Waals surface area contributed by atoms with Crippen LogP contribution in [0.5, 0.6) is 0 Å². The van der Waals surface area contributed by atoms with Gasteiger partial charge in [-0.05, 0) is 42.5 Å². The number of anilines is 3. The van der Waals surface area contributed by atoms with Crippen molar-refractivity contribution in [3.05, 3.63) is 78.6 Å². The van der Waals surface area contributed by atoms with Gasteiger partial charge in [0.05, 0.1) is 16.1 Å². The van der Waals surface area contributed by atoms with Gasteiger partial charge in [-0.15, -0.1) is 0 Å². The van der Waals surface area contributed by atoms with Crippen molar-refractivity contribution in [2.24, 2.45) is 0 Å². The van der Waals surface area contributed by atoms with Crippen LogP contribution in [0.25, 0.3) is 0 Å². The normalized spacial score (nSPS) is 11.7. The van der Waals surface area contributed by atoms with E-state index in [2.05, 4.69) is 20.3 Å². The summed E-state index contributed by atoms with van der Waals surface area (Å²) >= 11 is 0. The van der Waals surface area contributed by atoms with Crippen LogP contribution in [-0.2, 0) is 16.2 Å². The van der Waals surface area contributed by atoms with Gasteiger partial charge in [0.2, 0.25) is 0 Å². The van der Waals surface area contributed by atoms with Gasteiger partial charge in [-0.25, -0.2) is 8.42 Å². The van der Waals surface area contributed by atoms with E-state index in [-0.39, 0.29) is 16.3 Å². The number of nitrogens with zero attached hydrogens (tertiary/aromatic N) is 1. The summed E-state index contributed by atoms with van der Waals surface area (Å²) in [4.78, 5) is 3.85. The summed E-state index contributed by atoms with van der Waals surface area (Å²) in [5.74, 6) is 0. The molecule has 1 heterocycles. The molecule has 6 nitrogen and oxygen atoms in total. The number of pyridine rings is 1. The number of rotatable bonds is 8. The summed E-state index contributed by atoms with van der Waals surface area (Å²) in [6.45, 7) is 0.750. The predicted molar refractivity (Wildman–Crippen MR) is 110 cm³/mol. The monoisotopic (exact) mass is 436 g/mol. The van der Waals surface area contributed by atoms with E-state index in [1.165, 1.54) is 30.3 Å². The molecule has 0 spiro atoms. The Hall–Kier alpha value is -3.27. The molecule has 1 aromatic heterocycles. The lowest BCUT2D eigenvalue weighted by molar-refractivity contribution is -0.137. The van der Waals surface area contributed by atoms with Crippen molar-refractivity contribution in [1.29, 1.82) is 0 Å². The highest BCUT2D eigenvalue weighted by molar-refractivity contribution is 7.92. The van der Waals surface area contributed by atoms with Gasteiger partial charge in [0, 0.05) is 36.9 Å². The number of sulfonamides is 1. The quantitative estimate of drug-likeness (QED) is 0.455. The second kappa shape index (κ2) is 9.04. The highest BCUT2D eigenvalue weighted by Gasteiger charge is 2.31. The molecule has 0 fully saturated rings. The Kier molecular flexibility index (Phi) is 6.46. The fourth-order valence-corrected chi connectivity index (χ4v) is 3.71. The molecule has 30 heavy (non-hydrogen) atoms. The molecule has 3 N–H and O–H groups in total. The zero-order valence-corrected chi connectivity index (χ0v) is 16.5. The molecule has 0 saturated carbocycles. The van der Waals surface area contributed by atoms with Crippen molar-refractivity contribution < 1.29 is 21.6 Å². The third-order valence-electron chi connectivity index (χ3n) is 4.03. The highest BCUT2D eigenvalue weighted by Crippen LogP contribution is 2.34. The van der Waals surface area contributed by atoms with Gasteiger partial charge < -0.3 is 10.6 Å². The van der Waals surface area contributed by atoms with Gasteiger partial charge in [-0.3, -0.25) is 9.71 Å². The van der Waals surface area contributed by atoms with Crippen LogP contribution in [0.15, 0.2) is 78.0 Å². The minimum atomic E-state index is -4.63. The lowest BCUT2D eigenvalue weighted by Crippen LogP contribution is -2.16. The van der Waals surface area contributed by atoms with Gasteiger partial charge in [-0.2, -0.15) is 13.2 Å². The fourth-order valence-electron chi connectivity index (χ4n) is 2.65. The van der Waals surface area contributed by atoms with Crippen LogP contribution in [-0.4, -0.2) is 26.5 Å². The Morgan fingerprint density at radius 3 is 2.03 bits per heavy atom. The average Bonchev–Trinajstić information content (AvgIpc) is 2.71. The van der Waals surface area contributed by atoms with Crippen molar-refractivity contribution >= 4 is 27.1 Å². The molecule has 0 radical (unpaired) electrons. The maximum Gasteiger partial charge on any atom is 0.416 e. The smallest absolute Gasteiger partial charge is 0.383 e. The number of benzene rings is 2. The minimum absolute atomic E-state index is 0.0431. The van der Waals surface area contributed by atoms with Gasteiger partial charge in [0.1, 0.15) is 0 Å². The first-order valence-electron chi connectivity index (χ1n) is 8.92. The van der Waals surface area contributed by atoms with Crippen molar-refractivity contribution in [1.82, 2.24) is 4.98 Å². The Morgan fingerprint density at radius 1 is 0.800 bits per heavy atom. The molecule has 0 aliphatic heterocycles. The van der Waals surface area contributed by atoms with Crippen LogP contribution in [0.3, 0.4) is 0 Å². The molecule has 3 rings (SSSR count). The Morgan fingerprint density at radius 2 is 1.40 bits per heavy atom. The lowest BCUT2D eigenvalue weighted by Gasteiger charge is -2.15. The first-order valence-corrected chi connectivity index (χ1v) is 10.4. The maximum atomic E-state index is 13.3. The SMILES string of the molecule is O=S(=O)(Nc1cc(NCCNc2ccncc2)cc(C(F)(F)F)c1)c1ccccc1. The molecule has 0 saturated heterocycles. The summed E-state index contributed by atoms with van der Waals surface area (Å²) in [5.41, 5.74) is -0.169. The summed E-state index contributed by atoms with van der Waals surface area (Å²) < 4.78 is 67.0. The molecule has 0 bridgehead atoms. The molecule has 0 aliphatic rings. The summed E-state index contributed by atoms with van der Waals surface area (Å²) in [5, 5.41) is 5.98. The number of hydrogen-bond donors (Lipinski definition) is 3. The molecule has 0 unspecified atom stereocenters. The molecule has 3 aromatic rings. The third kappa shape index (κ3) is 5.86. The molecule has 0 amide bonds. The second-order valence-corrected chi connectivity index (χ2v) is 7.99. The van der Waals surface area contributed by atoms with E-state index in [4.69, 9.17) is 0 Å². The van der Waals surface area contributed by atoms with Crippen LogP contribution in [0, 0.1) is 0 Å². The van der Waals surface area contributed by atoms with Gasteiger partial charge in [0.15, 0.2) is 0 Å². The van der Waals surface area contributed by atoms with E-state index in [0.29, 0.717) is 13.1 Å². The summed E-state index contributed by atoms with van der Waals surface area (Å²) in [6.07, 6.45) is -1.39. The van der Waals surface area contributed by atoms with E-state index >= 15 is 0 Å². The van der Waals surface area contributed by atoms with Gasteiger partial charge in [-0.1, -0.05) is 18.2 Å². The summed E-state index contributed by atoms with van der Waals surface area (Å²) in [7, 11) is -4.02. The largest absolute Gasteiger partial charge is 0.416 e. The van der Waals surface area contributed by atoms with Crippen molar-refractivity contribution in [2.75, 3.05) is 28.4 Å². The zero-order valence-electron chi connectivity index (χ0n) is 15.6. The first kappa shape index (κ1) is 21.4. The Bertz CT molecular complexity index is 1080. The van der Waals surface area contributed by atoms with E-state index in [1.807, 2.05) is 0 Å². The molecule has 2 aromatic carbocycles. The van der Waals surface area contributed by atoms with Crippen LogP contribution in [0.4, 0.5) is 30.2 Å². The maximum absolute atomic E-state index is 13.3. The minimum Gasteiger partial charge on any atom is -0.383 e. The van der Waals surface area contributed by atoms with Crippen LogP contribution in [0.2, 0.25) is 0 Å². The Labute approximate surface area is 172 Å². The van der Waals surface area contributed by atoms with Gasteiger partial charge in [0.25, 0.3) is 10.0 Å². The number of alkyl halides is 3. The molecular weight excluding hydrogens is 417 g/mol. The molecule has 0 aliphatic carbocycles. The van der Waals surface area contributed by atoms with Crippen molar-refractivity contribution in [3.63, 3.8) is 0 Å². The van der Waals surface area contributed by atoms with E-state index in [0.717, 1.165) is 17.8 Å². The highest BCUT2D eigenvalue weighted by atomic mass is 32.2. The number of halogens is 3. The molecule has 10 heteroatoms. The molecule has 0 atom stereocenters. The molecule has 158 valence electrons. The third-order valence-corrected chi connectivity index (χ3v) is 5.43. The number of hydrogen-bond acceptors (Lipinski definition) is 5. The lowest BCUT2D eigenvalue weighted by atomic mass is 10.1. The van der Waals surface area contributed by atoms with Crippen molar-refractivity contribution in [2.45, 2.75) is 11.1 Å². The Balaban J connectivity index is 1.75. The number of aromatic nitrogens is 1. The van der Waals surface area contributed by atoms with E-state index < -0.39 is 21.8 Å². The fraction of sp³-hybridized carbons (Fsp3) is 0.150. The average molecular weight is 436 g/mol. The van der Waals surface area contributed by atoms with E-state index in [1.54, 1.807) is 30.6 Å². The van der Waals surface area contributed by atoms with Gasteiger partial charge >= 0.3 is 6.18 Å². The summed E-state index contributed by atoms with van der Waals surface area (Å²) in [6, 6.07) is 14.0. The predicted octanol–water partition coefficient (Wildman–Crippen LogP) is 4.43. The molecular formula is C20H19F3N4O2S. The topological polar surface area (TPSA) is 83.1 Å². The first-order chi connectivity index (χ1) is 14.2. The van der Waals surface area contributed by atoms with Crippen LogP contribution >= 0.6 is 0 Å². The zero-order chi connectivity index (χ0) is 21.6. The number of nitrogens with one attached hydrogen (secondary N) is 3. The van der Waals surface area contributed by atoms with Crippen LogP contribution in [0.1, 0.15) is 5.56 Å². The van der Waals surface area contributed by atoms with E-state index in [9.17, 15) is 21.6 Å². The second-order valence-electron chi connectivity index (χ2n) is 6.30. The van der Waals surface area contributed by atoms with Crippen molar-refractivity contribution in [3.8, 4) is 0 Å². The van der Waals surface area contributed by atoms with Crippen LogP contribution < -0.4 is 15.4 Å².